The van der Waals surface area contributed by atoms with Crippen LogP contribution in [0.2, 0.25) is 0 Å². The van der Waals surface area contributed by atoms with E-state index in [4.69, 9.17) is 4.74 Å². The number of imide groups is 1. The number of thioether (sulfide) groups is 1. The number of esters is 1. The summed E-state index contributed by atoms with van der Waals surface area (Å²) in [5, 5.41) is 3.46. The van der Waals surface area contributed by atoms with E-state index >= 15 is 0 Å². The molecule has 2 fully saturated rings. The lowest BCUT2D eigenvalue weighted by atomic mass is 9.76. The largest absolute Gasteiger partial charge is 0.465 e. The second-order valence-electron chi connectivity index (χ2n) is 9.31. The fraction of sp³-hybridized carbons (Fsp3) is 0.407. The highest BCUT2D eigenvalue weighted by Crippen LogP contribution is 2.55. The molecule has 4 atom stereocenters. The number of fused-ring (bicyclic) bond motifs is 4. The van der Waals surface area contributed by atoms with Gasteiger partial charge in [0.15, 0.2) is 0 Å². The number of nitrogens with zero attached hydrogens (tertiary/aromatic N) is 2. The van der Waals surface area contributed by atoms with Crippen LogP contribution in [0.15, 0.2) is 54.6 Å². The van der Waals surface area contributed by atoms with E-state index in [1.54, 1.807) is 30.8 Å². The van der Waals surface area contributed by atoms with E-state index in [2.05, 4.69) is 5.32 Å². The standard InChI is InChI=1S/C27H29N3O5S/c1-3-35-21(31)16-29-20-12-8-7-11-18(20)27(26(29)34)23-22(19(28-27)13-14-36-2)24(32)30(25(23)33)15-17-9-5-4-6-10-17/h4-12,19,22-23,28H,3,13-16H2,1-2H3/t19-,22+,23+,27+/m0/s1. The zero-order valence-electron chi connectivity index (χ0n) is 20.3. The Morgan fingerprint density at radius 2 is 1.75 bits per heavy atom. The van der Waals surface area contributed by atoms with Crippen molar-refractivity contribution in [3.05, 3.63) is 65.7 Å². The number of likely N-dealkylation sites (tertiary alicyclic amines) is 1. The quantitative estimate of drug-likeness (QED) is 0.433. The summed E-state index contributed by atoms with van der Waals surface area (Å²) in [4.78, 5) is 57.0. The van der Waals surface area contributed by atoms with Crippen molar-refractivity contribution in [3.8, 4) is 0 Å². The second kappa shape index (κ2) is 9.71. The number of rotatable bonds is 8. The first kappa shape index (κ1) is 24.5. The molecule has 2 saturated heterocycles. The molecular formula is C27H29N3O5S. The van der Waals surface area contributed by atoms with Crippen molar-refractivity contribution in [1.29, 1.82) is 0 Å². The van der Waals surface area contributed by atoms with Gasteiger partial charge in [-0.25, -0.2) is 0 Å². The van der Waals surface area contributed by atoms with Gasteiger partial charge >= 0.3 is 5.97 Å². The molecule has 1 N–H and O–H groups in total. The van der Waals surface area contributed by atoms with Gasteiger partial charge in [-0.3, -0.25) is 34.3 Å². The first-order chi connectivity index (χ1) is 17.4. The Morgan fingerprint density at radius 3 is 2.47 bits per heavy atom. The van der Waals surface area contributed by atoms with Crippen LogP contribution in [0.4, 0.5) is 5.69 Å². The summed E-state index contributed by atoms with van der Waals surface area (Å²) in [5.74, 6) is -2.28. The van der Waals surface area contributed by atoms with Crippen LogP contribution in [0.1, 0.15) is 24.5 Å². The molecule has 3 amide bonds. The molecular weight excluding hydrogens is 478 g/mol. The molecule has 5 rings (SSSR count). The minimum Gasteiger partial charge on any atom is -0.465 e. The fourth-order valence-corrected chi connectivity index (χ4v) is 6.40. The monoisotopic (exact) mass is 507 g/mol. The van der Waals surface area contributed by atoms with Gasteiger partial charge in [0, 0.05) is 17.3 Å². The summed E-state index contributed by atoms with van der Waals surface area (Å²) >= 11 is 1.65. The van der Waals surface area contributed by atoms with Crippen molar-refractivity contribution in [3.63, 3.8) is 0 Å². The van der Waals surface area contributed by atoms with E-state index in [9.17, 15) is 19.2 Å². The van der Waals surface area contributed by atoms with Crippen LogP contribution in [-0.2, 0) is 36.0 Å². The van der Waals surface area contributed by atoms with Crippen molar-refractivity contribution in [1.82, 2.24) is 10.2 Å². The van der Waals surface area contributed by atoms with Gasteiger partial charge in [0.1, 0.15) is 12.1 Å². The molecule has 36 heavy (non-hydrogen) atoms. The number of amides is 3. The lowest BCUT2D eigenvalue weighted by Gasteiger charge is -2.30. The Balaban J connectivity index is 1.58. The van der Waals surface area contributed by atoms with Gasteiger partial charge < -0.3 is 4.74 Å². The number of anilines is 1. The highest BCUT2D eigenvalue weighted by molar-refractivity contribution is 7.98. The zero-order valence-corrected chi connectivity index (χ0v) is 21.1. The van der Waals surface area contributed by atoms with E-state index in [-0.39, 0.29) is 43.5 Å². The Hall–Kier alpha value is -3.17. The van der Waals surface area contributed by atoms with Crippen molar-refractivity contribution >= 4 is 41.1 Å². The number of carbonyl (C=O) groups excluding carboxylic acids is 4. The summed E-state index contributed by atoms with van der Waals surface area (Å²) in [6.07, 6.45) is 2.62. The number of carbonyl (C=O) groups is 4. The number of nitrogens with one attached hydrogen (secondary N) is 1. The molecule has 0 aliphatic carbocycles. The molecule has 0 unspecified atom stereocenters. The van der Waals surface area contributed by atoms with Crippen LogP contribution >= 0.6 is 11.8 Å². The predicted octanol–water partition coefficient (Wildman–Crippen LogP) is 2.32. The van der Waals surface area contributed by atoms with E-state index in [1.807, 2.05) is 48.7 Å². The number of para-hydroxylation sites is 1. The van der Waals surface area contributed by atoms with Crippen LogP contribution in [0.3, 0.4) is 0 Å². The van der Waals surface area contributed by atoms with E-state index in [0.717, 1.165) is 11.3 Å². The number of hydrogen-bond donors (Lipinski definition) is 1. The molecule has 188 valence electrons. The van der Waals surface area contributed by atoms with Gasteiger partial charge in [0.25, 0.3) is 5.91 Å². The lowest BCUT2D eigenvalue weighted by Crippen LogP contribution is -2.55. The number of ether oxygens (including phenoxy) is 1. The van der Waals surface area contributed by atoms with Gasteiger partial charge in [-0.05, 0) is 37.0 Å². The smallest absolute Gasteiger partial charge is 0.326 e. The first-order valence-electron chi connectivity index (χ1n) is 12.2. The van der Waals surface area contributed by atoms with Gasteiger partial charge in [-0.15, -0.1) is 0 Å². The molecule has 0 radical (unpaired) electrons. The highest BCUT2D eigenvalue weighted by Gasteiger charge is 2.71. The summed E-state index contributed by atoms with van der Waals surface area (Å²) in [5.41, 5.74) is 0.635. The zero-order chi connectivity index (χ0) is 25.4. The van der Waals surface area contributed by atoms with Crippen LogP contribution in [0.25, 0.3) is 0 Å². The topological polar surface area (TPSA) is 96.0 Å². The van der Waals surface area contributed by atoms with Gasteiger partial charge in [-0.2, -0.15) is 11.8 Å². The Bertz CT molecular complexity index is 1200. The molecule has 0 bridgehead atoms. The molecule has 9 heteroatoms. The maximum atomic E-state index is 14.2. The van der Waals surface area contributed by atoms with Crippen molar-refractivity contribution in [2.75, 3.05) is 30.1 Å². The summed E-state index contributed by atoms with van der Waals surface area (Å²) in [7, 11) is 0. The average Bonchev–Trinajstić information content (AvgIpc) is 3.44. The maximum Gasteiger partial charge on any atom is 0.326 e. The van der Waals surface area contributed by atoms with Crippen LogP contribution in [-0.4, -0.2) is 59.8 Å². The number of hydrogen-bond acceptors (Lipinski definition) is 7. The lowest BCUT2D eigenvalue weighted by molar-refractivity contribution is -0.144. The van der Waals surface area contributed by atoms with Crippen molar-refractivity contribution in [2.45, 2.75) is 31.5 Å². The van der Waals surface area contributed by atoms with Crippen LogP contribution in [0.5, 0.6) is 0 Å². The molecule has 1 spiro atoms. The third-order valence-corrected chi connectivity index (χ3v) is 8.01. The predicted molar refractivity (Wildman–Crippen MR) is 136 cm³/mol. The van der Waals surface area contributed by atoms with Gasteiger partial charge in [0.2, 0.25) is 11.8 Å². The molecule has 8 nitrogen and oxygen atoms in total. The highest BCUT2D eigenvalue weighted by atomic mass is 32.2. The fourth-order valence-electron chi connectivity index (χ4n) is 5.91. The Kier molecular flexibility index (Phi) is 6.61. The average molecular weight is 508 g/mol. The molecule has 0 aromatic heterocycles. The third kappa shape index (κ3) is 3.72. The third-order valence-electron chi connectivity index (χ3n) is 7.37. The molecule has 3 heterocycles. The summed E-state index contributed by atoms with van der Waals surface area (Å²) in [6.45, 7) is 1.83. The summed E-state index contributed by atoms with van der Waals surface area (Å²) in [6, 6.07) is 16.2. The van der Waals surface area contributed by atoms with Crippen molar-refractivity contribution < 1.29 is 23.9 Å². The van der Waals surface area contributed by atoms with E-state index in [0.29, 0.717) is 17.7 Å². The maximum absolute atomic E-state index is 14.2. The molecule has 3 aliphatic rings. The SMILES string of the molecule is CCOC(=O)CN1C(=O)[C@@]2(N[C@@H](CCSC)[C@H]3C(=O)N(Cc4ccccc4)C(=O)[C@@H]32)c2ccccc21. The molecule has 2 aromatic carbocycles. The van der Waals surface area contributed by atoms with Gasteiger partial charge in [0.05, 0.1) is 25.0 Å². The van der Waals surface area contributed by atoms with Gasteiger partial charge in [-0.1, -0.05) is 48.5 Å². The molecule has 2 aromatic rings. The van der Waals surface area contributed by atoms with Crippen LogP contribution < -0.4 is 10.2 Å². The Labute approximate surface area is 214 Å². The molecule has 3 aliphatic heterocycles. The second-order valence-corrected chi connectivity index (χ2v) is 10.3. The summed E-state index contributed by atoms with van der Waals surface area (Å²) < 4.78 is 5.12. The van der Waals surface area contributed by atoms with Crippen molar-refractivity contribution in [2.24, 2.45) is 11.8 Å². The molecule has 0 saturated carbocycles. The van der Waals surface area contributed by atoms with Crippen LogP contribution in [0, 0.1) is 11.8 Å². The number of benzene rings is 2. The normalized spacial score (nSPS) is 26.6. The van der Waals surface area contributed by atoms with E-state index in [1.165, 1.54) is 9.80 Å². The Morgan fingerprint density at radius 1 is 1.03 bits per heavy atom. The first-order valence-corrected chi connectivity index (χ1v) is 13.6. The van der Waals surface area contributed by atoms with E-state index < -0.39 is 23.3 Å². The minimum atomic E-state index is -1.41. The minimum absolute atomic E-state index is 0.166.